The standard InChI is InChI=1S/C17H12ClNO3/c18-12-7-5-11(6-8-12)10-19-17(21)16-9-14(20)13-3-1-2-4-15(13)22-16/h1-9H,10H2,(H,19,21). The van der Waals surface area contributed by atoms with Crippen LogP contribution >= 0.6 is 11.6 Å². The van der Waals surface area contributed by atoms with Gasteiger partial charge < -0.3 is 9.73 Å². The van der Waals surface area contributed by atoms with Crippen molar-refractivity contribution >= 4 is 28.5 Å². The van der Waals surface area contributed by atoms with E-state index in [1.807, 2.05) is 12.1 Å². The monoisotopic (exact) mass is 313 g/mol. The molecular weight excluding hydrogens is 302 g/mol. The molecule has 0 aliphatic carbocycles. The first-order valence-electron chi connectivity index (χ1n) is 6.69. The number of hydrogen-bond acceptors (Lipinski definition) is 3. The molecule has 1 N–H and O–H groups in total. The van der Waals surface area contributed by atoms with Crippen LogP contribution in [0.2, 0.25) is 5.02 Å². The van der Waals surface area contributed by atoms with E-state index in [2.05, 4.69) is 5.32 Å². The van der Waals surface area contributed by atoms with E-state index in [-0.39, 0.29) is 11.2 Å². The predicted octanol–water partition coefficient (Wildman–Crippen LogP) is 3.38. The molecule has 22 heavy (non-hydrogen) atoms. The minimum Gasteiger partial charge on any atom is -0.451 e. The Balaban J connectivity index is 1.80. The van der Waals surface area contributed by atoms with Gasteiger partial charge in [-0.1, -0.05) is 35.9 Å². The maximum absolute atomic E-state index is 12.1. The van der Waals surface area contributed by atoms with Gasteiger partial charge in [0.15, 0.2) is 11.2 Å². The van der Waals surface area contributed by atoms with Crippen LogP contribution in [0.5, 0.6) is 0 Å². The van der Waals surface area contributed by atoms with E-state index in [1.165, 1.54) is 6.07 Å². The molecule has 5 heteroatoms. The third kappa shape index (κ3) is 3.02. The number of amides is 1. The second-order valence-electron chi connectivity index (χ2n) is 4.78. The summed E-state index contributed by atoms with van der Waals surface area (Å²) in [5.74, 6) is -0.435. The van der Waals surface area contributed by atoms with E-state index in [0.29, 0.717) is 22.5 Å². The molecule has 0 bridgehead atoms. The minimum atomic E-state index is -0.433. The number of halogens is 1. The summed E-state index contributed by atoms with van der Waals surface area (Å²) in [6, 6.07) is 15.2. The van der Waals surface area contributed by atoms with Crippen molar-refractivity contribution in [3.63, 3.8) is 0 Å². The van der Waals surface area contributed by atoms with Gasteiger partial charge in [0.1, 0.15) is 5.58 Å². The average molecular weight is 314 g/mol. The van der Waals surface area contributed by atoms with Crippen molar-refractivity contribution < 1.29 is 9.21 Å². The van der Waals surface area contributed by atoms with Gasteiger partial charge in [0.25, 0.3) is 5.91 Å². The lowest BCUT2D eigenvalue weighted by Crippen LogP contribution is -2.23. The lowest BCUT2D eigenvalue weighted by atomic mass is 10.2. The highest BCUT2D eigenvalue weighted by Gasteiger charge is 2.11. The zero-order valence-electron chi connectivity index (χ0n) is 11.5. The SMILES string of the molecule is O=C(NCc1ccc(Cl)cc1)c1cc(=O)c2ccccc2o1. The number of rotatable bonds is 3. The van der Waals surface area contributed by atoms with Crippen molar-refractivity contribution in [3.05, 3.63) is 81.2 Å². The van der Waals surface area contributed by atoms with Crippen LogP contribution in [0.3, 0.4) is 0 Å². The lowest BCUT2D eigenvalue weighted by molar-refractivity contribution is 0.0923. The number of fused-ring (bicyclic) bond motifs is 1. The van der Waals surface area contributed by atoms with Crippen LogP contribution in [-0.4, -0.2) is 5.91 Å². The van der Waals surface area contributed by atoms with E-state index in [9.17, 15) is 9.59 Å². The van der Waals surface area contributed by atoms with Gasteiger partial charge in [-0.25, -0.2) is 0 Å². The largest absolute Gasteiger partial charge is 0.451 e. The average Bonchev–Trinajstić information content (AvgIpc) is 2.54. The summed E-state index contributed by atoms with van der Waals surface area (Å²) in [6.07, 6.45) is 0. The Morgan fingerprint density at radius 1 is 1.09 bits per heavy atom. The molecule has 3 aromatic rings. The van der Waals surface area contributed by atoms with Gasteiger partial charge in [0.05, 0.1) is 5.39 Å². The maximum Gasteiger partial charge on any atom is 0.287 e. The molecule has 3 rings (SSSR count). The van der Waals surface area contributed by atoms with Crippen LogP contribution in [0, 0.1) is 0 Å². The highest BCUT2D eigenvalue weighted by Crippen LogP contribution is 2.12. The molecule has 0 radical (unpaired) electrons. The van der Waals surface area contributed by atoms with Gasteiger partial charge in [-0.2, -0.15) is 0 Å². The first kappa shape index (κ1) is 14.4. The molecule has 0 saturated heterocycles. The number of benzene rings is 2. The summed E-state index contributed by atoms with van der Waals surface area (Å²) in [6.45, 7) is 0.326. The third-order valence-corrected chi connectivity index (χ3v) is 3.48. The van der Waals surface area contributed by atoms with E-state index >= 15 is 0 Å². The second-order valence-corrected chi connectivity index (χ2v) is 5.22. The smallest absolute Gasteiger partial charge is 0.287 e. The molecule has 0 unspecified atom stereocenters. The zero-order chi connectivity index (χ0) is 15.5. The number of carbonyl (C=O) groups excluding carboxylic acids is 1. The number of hydrogen-bond donors (Lipinski definition) is 1. The van der Waals surface area contributed by atoms with Crippen LogP contribution < -0.4 is 10.7 Å². The molecule has 1 heterocycles. The van der Waals surface area contributed by atoms with Crippen molar-refractivity contribution in [1.29, 1.82) is 0 Å². The van der Waals surface area contributed by atoms with Gasteiger partial charge in [-0.05, 0) is 29.8 Å². The highest BCUT2D eigenvalue weighted by molar-refractivity contribution is 6.30. The summed E-state index contributed by atoms with van der Waals surface area (Å²) in [5.41, 5.74) is 1.06. The Kier molecular flexibility index (Phi) is 3.94. The summed E-state index contributed by atoms with van der Waals surface area (Å²) >= 11 is 5.81. The van der Waals surface area contributed by atoms with Crippen molar-refractivity contribution in [2.75, 3.05) is 0 Å². The third-order valence-electron chi connectivity index (χ3n) is 3.22. The normalized spacial score (nSPS) is 10.6. The van der Waals surface area contributed by atoms with Crippen LogP contribution in [0.1, 0.15) is 16.1 Å². The molecule has 4 nitrogen and oxygen atoms in total. The van der Waals surface area contributed by atoms with Crippen molar-refractivity contribution in [3.8, 4) is 0 Å². The minimum absolute atomic E-state index is 0.00216. The van der Waals surface area contributed by atoms with Crippen molar-refractivity contribution in [2.45, 2.75) is 6.54 Å². The van der Waals surface area contributed by atoms with E-state index < -0.39 is 5.91 Å². The molecule has 0 atom stereocenters. The summed E-state index contributed by atoms with van der Waals surface area (Å²) in [7, 11) is 0. The molecule has 0 saturated carbocycles. The van der Waals surface area contributed by atoms with E-state index in [4.69, 9.17) is 16.0 Å². The molecule has 110 valence electrons. The fraction of sp³-hybridized carbons (Fsp3) is 0.0588. The van der Waals surface area contributed by atoms with Gasteiger partial charge >= 0.3 is 0 Å². The van der Waals surface area contributed by atoms with Crippen molar-refractivity contribution in [2.24, 2.45) is 0 Å². The van der Waals surface area contributed by atoms with Crippen LogP contribution in [-0.2, 0) is 6.54 Å². The van der Waals surface area contributed by atoms with Crippen LogP contribution in [0.15, 0.2) is 63.8 Å². The van der Waals surface area contributed by atoms with Crippen LogP contribution in [0.25, 0.3) is 11.0 Å². The lowest BCUT2D eigenvalue weighted by Gasteiger charge is -2.05. The first-order valence-corrected chi connectivity index (χ1v) is 7.07. The first-order chi connectivity index (χ1) is 10.6. The molecule has 0 fully saturated rings. The number of para-hydroxylation sites is 1. The second kappa shape index (κ2) is 6.03. The molecule has 0 aliphatic heterocycles. The van der Waals surface area contributed by atoms with E-state index in [1.54, 1.807) is 36.4 Å². The van der Waals surface area contributed by atoms with Crippen molar-refractivity contribution in [1.82, 2.24) is 5.32 Å². The molecule has 1 aromatic heterocycles. The zero-order valence-corrected chi connectivity index (χ0v) is 12.3. The molecule has 1 amide bonds. The van der Waals surface area contributed by atoms with E-state index in [0.717, 1.165) is 5.56 Å². The topological polar surface area (TPSA) is 59.3 Å². The summed E-state index contributed by atoms with van der Waals surface area (Å²) < 4.78 is 5.48. The Hall–Kier alpha value is -2.59. The Labute approximate surface area is 131 Å². The molecule has 0 spiro atoms. The molecule has 2 aromatic carbocycles. The Morgan fingerprint density at radius 3 is 2.59 bits per heavy atom. The van der Waals surface area contributed by atoms with Gasteiger partial charge in [-0.3, -0.25) is 9.59 Å². The maximum atomic E-state index is 12.1. The highest BCUT2D eigenvalue weighted by atomic mass is 35.5. The number of carbonyl (C=O) groups is 1. The van der Waals surface area contributed by atoms with Gasteiger partial charge in [-0.15, -0.1) is 0 Å². The molecular formula is C17H12ClNO3. The number of nitrogens with one attached hydrogen (secondary N) is 1. The molecule has 0 aliphatic rings. The Bertz CT molecular complexity index is 884. The Morgan fingerprint density at radius 2 is 1.82 bits per heavy atom. The quantitative estimate of drug-likeness (QED) is 0.806. The predicted molar refractivity (Wildman–Crippen MR) is 85.1 cm³/mol. The van der Waals surface area contributed by atoms with Crippen LogP contribution in [0.4, 0.5) is 0 Å². The van der Waals surface area contributed by atoms with Gasteiger partial charge in [0.2, 0.25) is 0 Å². The fourth-order valence-corrected chi connectivity index (χ4v) is 2.21. The van der Waals surface area contributed by atoms with Gasteiger partial charge in [0, 0.05) is 17.6 Å². The fourth-order valence-electron chi connectivity index (χ4n) is 2.09. The summed E-state index contributed by atoms with van der Waals surface area (Å²) in [5, 5.41) is 3.80. The summed E-state index contributed by atoms with van der Waals surface area (Å²) in [4.78, 5) is 24.1.